The van der Waals surface area contributed by atoms with Crippen LogP contribution in [0.25, 0.3) is 0 Å². The molecule has 0 aromatic carbocycles. The summed E-state index contributed by atoms with van der Waals surface area (Å²) in [4.78, 5) is 29.9. The van der Waals surface area contributed by atoms with E-state index in [1.165, 1.54) is 0 Å². The molecule has 7 N–H and O–H groups in total. The third-order valence-corrected chi connectivity index (χ3v) is 2.74. The van der Waals surface area contributed by atoms with Gasteiger partial charge in [-0.15, -0.1) is 0 Å². The van der Waals surface area contributed by atoms with Crippen molar-refractivity contribution in [3.8, 4) is 0 Å². The lowest BCUT2D eigenvalue weighted by molar-refractivity contribution is -0.138. The number of ether oxygens (including phenoxy) is 1. The van der Waals surface area contributed by atoms with Gasteiger partial charge in [-0.3, -0.25) is 9.59 Å². The lowest BCUT2D eigenvalue weighted by Gasteiger charge is -1.98. The normalized spacial score (nSPS) is 9.42. The van der Waals surface area contributed by atoms with E-state index in [-0.39, 0.29) is 26.1 Å². The number of aliphatic hydroxyl groups is 3. The number of primary amides is 1. The van der Waals surface area contributed by atoms with Gasteiger partial charge in [0.2, 0.25) is 0 Å². The van der Waals surface area contributed by atoms with Crippen molar-refractivity contribution in [2.45, 2.75) is 64.4 Å². The van der Waals surface area contributed by atoms with Crippen LogP contribution in [0.5, 0.6) is 0 Å². The van der Waals surface area contributed by atoms with E-state index in [4.69, 9.17) is 25.5 Å². The van der Waals surface area contributed by atoms with E-state index in [0.29, 0.717) is 6.61 Å². The predicted molar refractivity (Wildman–Crippen MR) is 93.6 cm³/mol. The average molecular weight is 383 g/mol. The van der Waals surface area contributed by atoms with Crippen molar-refractivity contribution in [1.82, 2.24) is 0 Å². The van der Waals surface area contributed by atoms with Crippen molar-refractivity contribution in [1.29, 1.82) is 0 Å². The highest BCUT2D eigenvalue weighted by Crippen LogP contribution is 2.08. The van der Waals surface area contributed by atoms with Crippen LogP contribution < -0.4 is 5.73 Å². The number of aliphatic hydroxyl groups excluding tert-OH is 3. The molecule has 0 aliphatic carbocycles. The van der Waals surface area contributed by atoms with Crippen molar-refractivity contribution < 1.29 is 44.7 Å². The molecule has 1 amide bonds. The summed E-state index contributed by atoms with van der Waals surface area (Å²) in [6.45, 7) is 1.33. The highest BCUT2D eigenvalue weighted by Gasteiger charge is 1.98. The zero-order chi connectivity index (χ0) is 20.8. The summed E-state index contributed by atoms with van der Waals surface area (Å²) < 4.78 is 4.18. The SMILES string of the molecule is CCOC(N)=O.O=C(O)CCCCCCCCC(=O)O.OCC(O)CO. The molecule has 0 aromatic rings. The number of hydrogen-bond donors (Lipinski definition) is 6. The molecule has 0 fully saturated rings. The minimum atomic E-state index is -0.954. The lowest BCUT2D eigenvalue weighted by Crippen LogP contribution is -2.15. The molecular weight excluding hydrogens is 350 g/mol. The Morgan fingerprint density at radius 3 is 1.35 bits per heavy atom. The van der Waals surface area contributed by atoms with E-state index >= 15 is 0 Å². The van der Waals surface area contributed by atoms with Crippen LogP contribution in [0, 0.1) is 0 Å². The molecule has 0 heterocycles. The molecule has 0 bridgehead atoms. The molecule has 0 radical (unpaired) electrons. The minimum Gasteiger partial charge on any atom is -0.481 e. The molecule has 0 atom stereocenters. The maximum atomic E-state index is 10.1. The van der Waals surface area contributed by atoms with Gasteiger partial charge in [0.15, 0.2) is 0 Å². The summed E-state index contributed by atoms with van der Waals surface area (Å²) in [6.07, 6.45) is 4.16. The topological polar surface area (TPSA) is 188 Å². The first-order chi connectivity index (χ1) is 12.2. The Kier molecular flexibility index (Phi) is 25.6. The number of carboxylic acids is 2. The monoisotopic (exact) mass is 383 g/mol. The Bertz CT molecular complexity index is 327. The third kappa shape index (κ3) is 38.0. The van der Waals surface area contributed by atoms with Crippen LogP contribution in [0.1, 0.15) is 58.3 Å². The number of carbonyl (C=O) groups excluding carboxylic acids is 1. The van der Waals surface area contributed by atoms with Crippen LogP contribution in [-0.4, -0.2) is 69.5 Å². The number of amides is 1. The first-order valence-corrected chi connectivity index (χ1v) is 8.46. The van der Waals surface area contributed by atoms with Crippen molar-refractivity contribution in [2.24, 2.45) is 5.73 Å². The van der Waals surface area contributed by atoms with E-state index in [1.54, 1.807) is 6.92 Å². The van der Waals surface area contributed by atoms with Crippen LogP contribution in [0.3, 0.4) is 0 Å². The van der Waals surface area contributed by atoms with Gasteiger partial charge in [0.25, 0.3) is 0 Å². The molecule has 0 rings (SSSR count). The van der Waals surface area contributed by atoms with Gasteiger partial charge in [-0.25, -0.2) is 4.79 Å². The fourth-order valence-electron chi connectivity index (χ4n) is 1.46. The van der Waals surface area contributed by atoms with Gasteiger partial charge in [-0.05, 0) is 19.8 Å². The van der Waals surface area contributed by atoms with Crippen molar-refractivity contribution in [2.75, 3.05) is 19.8 Å². The Morgan fingerprint density at radius 2 is 1.19 bits per heavy atom. The van der Waals surface area contributed by atoms with E-state index in [0.717, 1.165) is 38.5 Å². The maximum Gasteiger partial charge on any atom is 0.404 e. The predicted octanol–water partition coefficient (Wildman–Crippen LogP) is 0.710. The summed E-state index contributed by atoms with van der Waals surface area (Å²) in [5, 5.41) is 40.7. The number of unbranched alkanes of at least 4 members (excludes halogenated alkanes) is 5. The van der Waals surface area contributed by atoms with Gasteiger partial charge in [0.1, 0.15) is 6.10 Å². The van der Waals surface area contributed by atoms with Gasteiger partial charge in [-0.2, -0.15) is 0 Å². The summed E-state index contributed by atoms with van der Waals surface area (Å²) in [5.41, 5.74) is 4.54. The fraction of sp³-hybridized carbons (Fsp3) is 0.812. The highest BCUT2D eigenvalue weighted by molar-refractivity contribution is 5.66. The second kappa shape index (κ2) is 23.1. The standard InChI is InChI=1S/C10H18O4.C3H7NO2.C3H8O3/c11-9(12)7-5-3-1-2-4-6-8-10(13)14;1-2-6-3(4)5;4-1-3(6)2-5/h1-8H2,(H,11,12)(H,13,14);2H2,1H3,(H2,4,5);3-6H,1-2H2. The van der Waals surface area contributed by atoms with Gasteiger partial charge < -0.3 is 36.0 Å². The summed E-state index contributed by atoms with van der Waals surface area (Å²) >= 11 is 0. The second-order valence-corrected chi connectivity index (χ2v) is 5.18. The summed E-state index contributed by atoms with van der Waals surface area (Å²) in [7, 11) is 0. The molecule has 156 valence electrons. The average Bonchev–Trinajstić information content (AvgIpc) is 2.57. The van der Waals surface area contributed by atoms with Crippen molar-refractivity contribution >= 4 is 18.0 Å². The van der Waals surface area contributed by atoms with Crippen LogP contribution in [0.4, 0.5) is 4.79 Å². The third-order valence-electron chi connectivity index (χ3n) is 2.74. The van der Waals surface area contributed by atoms with Gasteiger partial charge in [-0.1, -0.05) is 25.7 Å². The summed E-state index contributed by atoms with van der Waals surface area (Å²) in [6, 6.07) is 0. The molecule has 0 saturated heterocycles. The molecule has 26 heavy (non-hydrogen) atoms. The number of aliphatic carboxylic acids is 2. The van der Waals surface area contributed by atoms with Crippen molar-refractivity contribution in [3.63, 3.8) is 0 Å². The molecule has 0 unspecified atom stereocenters. The van der Waals surface area contributed by atoms with Crippen LogP contribution in [0.15, 0.2) is 0 Å². The van der Waals surface area contributed by atoms with E-state index < -0.39 is 24.1 Å². The molecule has 0 aliphatic heterocycles. The molecule has 0 aliphatic rings. The zero-order valence-electron chi connectivity index (χ0n) is 15.3. The van der Waals surface area contributed by atoms with Crippen molar-refractivity contribution in [3.05, 3.63) is 0 Å². The Hall–Kier alpha value is -1.91. The molecule has 0 spiro atoms. The zero-order valence-corrected chi connectivity index (χ0v) is 15.3. The van der Waals surface area contributed by atoms with Crippen LogP contribution in [0.2, 0.25) is 0 Å². The van der Waals surface area contributed by atoms with E-state index in [1.807, 2.05) is 0 Å². The van der Waals surface area contributed by atoms with Crippen LogP contribution in [-0.2, 0) is 14.3 Å². The van der Waals surface area contributed by atoms with Gasteiger partial charge >= 0.3 is 18.0 Å². The Morgan fingerprint density at radius 1 is 0.846 bits per heavy atom. The van der Waals surface area contributed by atoms with Gasteiger partial charge in [0.05, 0.1) is 19.8 Å². The number of hydrogen-bond acceptors (Lipinski definition) is 7. The molecule has 10 heteroatoms. The quantitative estimate of drug-likeness (QED) is 0.264. The number of carboxylic acid groups (broad SMARTS) is 2. The smallest absolute Gasteiger partial charge is 0.404 e. The Balaban J connectivity index is -0.000000364. The molecule has 10 nitrogen and oxygen atoms in total. The second-order valence-electron chi connectivity index (χ2n) is 5.18. The van der Waals surface area contributed by atoms with Gasteiger partial charge in [0, 0.05) is 12.8 Å². The maximum absolute atomic E-state index is 10.1. The molecule has 0 saturated carbocycles. The fourth-order valence-corrected chi connectivity index (χ4v) is 1.46. The Labute approximate surface area is 153 Å². The summed E-state index contributed by atoms with van der Waals surface area (Å²) in [5.74, 6) is -1.48. The lowest BCUT2D eigenvalue weighted by atomic mass is 10.1. The highest BCUT2D eigenvalue weighted by atomic mass is 16.5. The number of carbonyl (C=O) groups is 3. The van der Waals surface area contributed by atoms with E-state index in [9.17, 15) is 14.4 Å². The minimum absolute atomic E-state index is 0.245. The number of rotatable bonds is 12. The van der Waals surface area contributed by atoms with E-state index in [2.05, 4.69) is 10.5 Å². The number of nitrogens with two attached hydrogens (primary N) is 1. The first-order valence-electron chi connectivity index (χ1n) is 8.46. The molecular formula is C16H33NO9. The largest absolute Gasteiger partial charge is 0.481 e. The first kappa shape index (κ1) is 28.9. The molecule has 0 aromatic heterocycles. The van der Waals surface area contributed by atoms with Crippen LogP contribution >= 0.6 is 0 Å².